The van der Waals surface area contributed by atoms with Crippen molar-refractivity contribution in [2.75, 3.05) is 11.4 Å². The number of allylic oxidation sites excluding steroid dienone is 1. The molecule has 0 unspecified atom stereocenters. The fraction of sp³-hybridized carbons (Fsp3) is 0.375. The second kappa shape index (κ2) is 8.29. The van der Waals surface area contributed by atoms with Crippen molar-refractivity contribution in [3.63, 3.8) is 0 Å². The fourth-order valence-electron chi connectivity index (χ4n) is 1.95. The molecule has 0 heterocycles. The predicted octanol–water partition coefficient (Wildman–Crippen LogP) is 4.14. The van der Waals surface area contributed by atoms with Gasteiger partial charge in [0, 0.05) is 23.5 Å². The number of nitrogens with zero attached hydrogens (tertiary/aromatic N) is 1. The van der Waals surface area contributed by atoms with Crippen LogP contribution in [0.25, 0.3) is 0 Å². The highest BCUT2D eigenvalue weighted by Crippen LogP contribution is 2.24. The molecule has 0 saturated heterocycles. The van der Waals surface area contributed by atoms with Gasteiger partial charge in [0.25, 0.3) is 0 Å². The first-order chi connectivity index (χ1) is 9.97. The number of ether oxygens (including phenoxy) is 1. The molecule has 0 atom stereocenters. The first-order valence-electron chi connectivity index (χ1n) is 6.82. The summed E-state index contributed by atoms with van der Waals surface area (Å²) in [5.41, 5.74) is 1.81. The molecule has 1 rings (SSSR count). The van der Waals surface area contributed by atoms with E-state index in [2.05, 4.69) is 21.5 Å². The summed E-state index contributed by atoms with van der Waals surface area (Å²) >= 11 is 0. The highest BCUT2D eigenvalue weighted by atomic mass is 19.3. The highest BCUT2D eigenvalue weighted by molar-refractivity contribution is 5.52. The molecule has 5 heteroatoms. The Labute approximate surface area is 124 Å². The Bertz CT molecular complexity index is 487. The van der Waals surface area contributed by atoms with E-state index in [1.807, 2.05) is 32.9 Å². The van der Waals surface area contributed by atoms with Gasteiger partial charge in [-0.15, -0.1) is 0 Å². The van der Waals surface area contributed by atoms with Crippen molar-refractivity contribution in [3.8, 4) is 5.75 Å². The lowest BCUT2D eigenvalue weighted by atomic mass is 10.2. The molecule has 0 aliphatic carbocycles. The first-order valence-corrected chi connectivity index (χ1v) is 6.82. The van der Waals surface area contributed by atoms with Gasteiger partial charge < -0.3 is 15.0 Å². The lowest BCUT2D eigenvalue weighted by molar-refractivity contribution is -0.0498. The van der Waals surface area contributed by atoms with Crippen LogP contribution in [0, 0.1) is 0 Å². The molecule has 0 aromatic heterocycles. The third kappa shape index (κ3) is 5.45. The van der Waals surface area contributed by atoms with Crippen LogP contribution in [0.2, 0.25) is 0 Å². The van der Waals surface area contributed by atoms with Gasteiger partial charge in [-0.2, -0.15) is 8.78 Å². The lowest BCUT2D eigenvalue weighted by Gasteiger charge is -2.30. The highest BCUT2D eigenvalue weighted by Gasteiger charge is 2.14. The van der Waals surface area contributed by atoms with E-state index in [0.29, 0.717) is 6.54 Å². The normalized spacial score (nSPS) is 11.7. The SMILES string of the molecule is C=CN/C(=C\C)CN(c1cccc(OC(F)F)c1)C(C)C. The van der Waals surface area contributed by atoms with E-state index in [9.17, 15) is 8.78 Å². The van der Waals surface area contributed by atoms with E-state index in [1.54, 1.807) is 18.3 Å². The molecule has 21 heavy (non-hydrogen) atoms. The van der Waals surface area contributed by atoms with Crippen molar-refractivity contribution in [1.29, 1.82) is 0 Å². The van der Waals surface area contributed by atoms with Gasteiger partial charge in [-0.25, -0.2) is 0 Å². The maximum Gasteiger partial charge on any atom is 0.387 e. The number of rotatable bonds is 8. The van der Waals surface area contributed by atoms with Gasteiger partial charge >= 0.3 is 6.61 Å². The summed E-state index contributed by atoms with van der Waals surface area (Å²) in [6, 6.07) is 6.92. The van der Waals surface area contributed by atoms with Crippen LogP contribution in [0.4, 0.5) is 14.5 Å². The van der Waals surface area contributed by atoms with Crippen molar-refractivity contribution in [1.82, 2.24) is 5.32 Å². The van der Waals surface area contributed by atoms with Crippen molar-refractivity contribution in [2.24, 2.45) is 0 Å². The molecule has 0 saturated carbocycles. The Morgan fingerprint density at radius 3 is 2.67 bits per heavy atom. The molecule has 1 aromatic rings. The maximum atomic E-state index is 12.3. The molecular weight excluding hydrogens is 274 g/mol. The zero-order valence-corrected chi connectivity index (χ0v) is 12.6. The van der Waals surface area contributed by atoms with Crippen LogP contribution >= 0.6 is 0 Å². The Kier molecular flexibility index (Phi) is 6.72. The topological polar surface area (TPSA) is 24.5 Å². The quantitative estimate of drug-likeness (QED) is 0.780. The van der Waals surface area contributed by atoms with Gasteiger partial charge in [0.05, 0.1) is 6.54 Å². The molecule has 116 valence electrons. The van der Waals surface area contributed by atoms with Crippen LogP contribution in [0.5, 0.6) is 5.75 Å². The Morgan fingerprint density at radius 2 is 2.14 bits per heavy atom. The van der Waals surface area contributed by atoms with E-state index < -0.39 is 6.61 Å². The van der Waals surface area contributed by atoms with Crippen molar-refractivity contribution in [3.05, 3.63) is 48.8 Å². The standard InChI is InChI=1S/C16H22F2N2O/c1-5-13(19-6-2)11-20(12(3)4)14-8-7-9-15(10-14)21-16(17)18/h5-10,12,16,19H,2,11H2,1,3-4H3/b13-5-. The molecule has 0 bridgehead atoms. The first kappa shape index (κ1) is 17.0. The second-order valence-corrected chi connectivity index (χ2v) is 4.76. The second-order valence-electron chi connectivity index (χ2n) is 4.76. The van der Waals surface area contributed by atoms with Gasteiger partial charge in [0.15, 0.2) is 0 Å². The molecule has 0 aliphatic heterocycles. The average molecular weight is 296 g/mol. The summed E-state index contributed by atoms with van der Waals surface area (Å²) in [4.78, 5) is 2.09. The summed E-state index contributed by atoms with van der Waals surface area (Å²) in [5, 5.41) is 3.07. The summed E-state index contributed by atoms with van der Waals surface area (Å²) in [7, 11) is 0. The Morgan fingerprint density at radius 1 is 1.43 bits per heavy atom. The number of alkyl halides is 2. The van der Waals surface area contributed by atoms with Crippen molar-refractivity contribution >= 4 is 5.69 Å². The molecule has 0 aliphatic rings. The lowest BCUT2D eigenvalue weighted by Crippen LogP contribution is -2.34. The third-order valence-corrected chi connectivity index (χ3v) is 2.97. The zero-order valence-electron chi connectivity index (χ0n) is 12.6. The monoisotopic (exact) mass is 296 g/mol. The number of hydrogen-bond donors (Lipinski definition) is 1. The number of nitrogens with one attached hydrogen (secondary N) is 1. The molecular formula is C16H22F2N2O. The maximum absolute atomic E-state index is 12.3. The summed E-state index contributed by atoms with van der Waals surface area (Å²) < 4.78 is 29.1. The number of halogens is 2. The van der Waals surface area contributed by atoms with E-state index in [0.717, 1.165) is 11.4 Å². The van der Waals surface area contributed by atoms with Crippen molar-refractivity contribution in [2.45, 2.75) is 33.4 Å². The largest absolute Gasteiger partial charge is 0.435 e. The van der Waals surface area contributed by atoms with Crippen molar-refractivity contribution < 1.29 is 13.5 Å². The van der Waals surface area contributed by atoms with Gasteiger partial charge in [0.2, 0.25) is 0 Å². The van der Waals surface area contributed by atoms with E-state index in [1.165, 1.54) is 6.07 Å². The van der Waals surface area contributed by atoms with E-state index in [-0.39, 0.29) is 11.8 Å². The summed E-state index contributed by atoms with van der Waals surface area (Å²) in [6.07, 6.45) is 3.57. The minimum absolute atomic E-state index is 0.159. The van der Waals surface area contributed by atoms with Crippen LogP contribution in [0.3, 0.4) is 0 Å². The average Bonchev–Trinajstić information content (AvgIpc) is 2.42. The molecule has 0 spiro atoms. The minimum Gasteiger partial charge on any atom is -0.435 e. The Hall–Kier alpha value is -2.04. The van der Waals surface area contributed by atoms with E-state index in [4.69, 9.17) is 0 Å². The van der Waals surface area contributed by atoms with E-state index >= 15 is 0 Å². The fourth-order valence-corrected chi connectivity index (χ4v) is 1.95. The molecule has 3 nitrogen and oxygen atoms in total. The number of anilines is 1. The van der Waals surface area contributed by atoms with Crippen LogP contribution in [-0.4, -0.2) is 19.2 Å². The molecule has 1 N–H and O–H groups in total. The van der Waals surface area contributed by atoms with Crippen LogP contribution < -0.4 is 15.0 Å². The van der Waals surface area contributed by atoms with Gasteiger partial charge in [-0.3, -0.25) is 0 Å². The smallest absolute Gasteiger partial charge is 0.387 e. The minimum atomic E-state index is -2.82. The number of hydrogen-bond acceptors (Lipinski definition) is 3. The van der Waals surface area contributed by atoms with Crippen LogP contribution in [0.15, 0.2) is 48.8 Å². The van der Waals surface area contributed by atoms with Gasteiger partial charge in [-0.1, -0.05) is 18.7 Å². The summed E-state index contributed by atoms with van der Waals surface area (Å²) in [5.74, 6) is 0.159. The zero-order chi connectivity index (χ0) is 15.8. The summed E-state index contributed by atoms with van der Waals surface area (Å²) in [6.45, 7) is 7.47. The van der Waals surface area contributed by atoms with Gasteiger partial charge in [-0.05, 0) is 39.1 Å². The number of benzene rings is 1. The molecule has 0 amide bonds. The van der Waals surface area contributed by atoms with Gasteiger partial charge in [0.1, 0.15) is 5.75 Å². The molecule has 0 fully saturated rings. The van der Waals surface area contributed by atoms with Crippen LogP contribution in [-0.2, 0) is 0 Å². The Balaban J connectivity index is 2.97. The third-order valence-electron chi connectivity index (χ3n) is 2.97. The molecule has 0 radical (unpaired) electrons. The molecule has 1 aromatic carbocycles. The van der Waals surface area contributed by atoms with Crippen LogP contribution in [0.1, 0.15) is 20.8 Å². The predicted molar refractivity (Wildman–Crippen MR) is 82.6 cm³/mol.